The standard InChI is InChI=1S/C20H22BrNO2/c1-2-19(20(23)22-17-9-5-8-16(21)13-17)24-18-11-10-14-6-3-4-7-15(14)12-18/h5,8-13,19H,2-4,6-7H2,1H3,(H,22,23)/t19-/m0/s1. The molecule has 0 aromatic heterocycles. The van der Waals surface area contributed by atoms with Gasteiger partial charge < -0.3 is 10.1 Å². The fourth-order valence-electron chi connectivity index (χ4n) is 3.06. The molecular formula is C20H22BrNO2. The Kier molecular flexibility index (Phi) is 5.56. The first-order chi connectivity index (χ1) is 11.7. The van der Waals surface area contributed by atoms with Crippen molar-refractivity contribution >= 4 is 27.5 Å². The Morgan fingerprint density at radius 1 is 1.17 bits per heavy atom. The first-order valence-corrected chi connectivity index (χ1v) is 9.30. The fraction of sp³-hybridized carbons (Fsp3) is 0.350. The summed E-state index contributed by atoms with van der Waals surface area (Å²) >= 11 is 3.41. The molecule has 3 rings (SSSR count). The summed E-state index contributed by atoms with van der Waals surface area (Å²) in [5, 5.41) is 2.92. The first-order valence-electron chi connectivity index (χ1n) is 8.50. The van der Waals surface area contributed by atoms with Crippen molar-refractivity contribution in [3.05, 3.63) is 58.1 Å². The molecule has 2 aromatic carbocycles. The Labute approximate surface area is 151 Å². The minimum atomic E-state index is -0.495. The second-order valence-corrected chi connectivity index (χ2v) is 7.07. The highest BCUT2D eigenvalue weighted by Crippen LogP contribution is 2.26. The van der Waals surface area contributed by atoms with Crippen LogP contribution in [-0.2, 0) is 17.6 Å². The molecule has 0 fully saturated rings. The van der Waals surface area contributed by atoms with Crippen molar-refractivity contribution in [3.8, 4) is 5.75 Å². The average molecular weight is 388 g/mol. The number of fused-ring (bicyclic) bond motifs is 1. The van der Waals surface area contributed by atoms with Crippen LogP contribution in [0, 0.1) is 0 Å². The molecule has 0 saturated carbocycles. The van der Waals surface area contributed by atoms with Gasteiger partial charge >= 0.3 is 0 Å². The highest BCUT2D eigenvalue weighted by atomic mass is 79.9. The summed E-state index contributed by atoms with van der Waals surface area (Å²) in [6, 6.07) is 13.8. The maximum absolute atomic E-state index is 12.5. The maximum Gasteiger partial charge on any atom is 0.265 e. The number of hydrogen-bond donors (Lipinski definition) is 1. The summed E-state index contributed by atoms with van der Waals surface area (Å²) in [4.78, 5) is 12.5. The third-order valence-electron chi connectivity index (χ3n) is 4.35. The molecule has 0 spiro atoms. The summed E-state index contributed by atoms with van der Waals surface area (Å²) in [7, 11) is 0. The van der Waals surface area contributed by atoms with Gasteiger partial charge in [-0.2, -0.15) is 0 Å². The van der Waals surface area contributed by atoms with Crippen LogP contribution < -0.4 is 10.1 Å². The van der Waals surface area contributed by atoms with Crippen LogP contribution in [0.4, 0.5) is 5.69 Å². The van der Waals surface area contributed by atoms with E-state index in [4.69, 9.17) is 4.74 Å². The lowest BCUT2D eigenvalue weighted by molar-refractivity contribution is -0.122. The topological polar surface area (TPSA) is 38.3 Å². The molecule has 0 saturated heterocycles. The monoisotopic (exact) mass is 387 g/mol. The molecule has 3 nitrogen and oxygen atoms in total. The van der Waals surface area contributed by atoms with Crippen LogP contribution in [0.3, 0.4) is 0 Å². The smallest absolute Gasteiger partial charge is 0.265 e. The number of hydrogen-bond acceptors (Lipinski definition) is 2. The predicted molar refractivity (Wildman–Crippen MR) is 101 cm³/mol. The van der Waals surface area contributed by atoms with Gasteiger partial charge in [-0.3, -0.25) is 4.79 Å². The van der Waals surface area contributed by atoms with Gasteiger partial charge in [-0.05, 0) is 73.6 Å². The van der Waals surface area contributed by atoms with Crippen molar-refractivity contribution in [1.29, 1.82) is 0 Å². The molecule has 4 heteroatoms. The van der Waals surface area contributed by atoms with Gasteiger partial charge in [-0.25, -0.2) is 0 Å². The molecular weight excluding hydrogens is 366 g/mol. The van der Waals surface area contributed by atoms with Crippen molar-refractivity contribution in [1.82, 2.24) is 0 Å². The lowest BCUT2D eigenvalue weighted by atomic mass is 9.92. The Bertz CT molecular complexity index is 729. The number of nitrogens with one attached hydrogen (secondary N) is 1. The molecule has 1 aliphatic rings. The summed E-state index contributed by atoms with van der Waals surface area (Å²) in [5.41, 5.74) is 3.54. The zero-order valence-electron chi connectivity index (χ0n) is 13.8. The summed E-state index contributed by atoms with van der Waals surface area (Å²) in [5.74, 6) is 0.667. The highest BCUT2D eigenvalue weighted by Gasteiger charge is 2.19. The first kappa shape index (κ1) is 17.0. The lowest BCUT2D eigenvalue weighted by Gasteiger charge is -2.20. The lowest BCUT2D eigenvalue weighted by Crippen LogP contribution is -2.32. The second-order valence-electron chi connectivity index (χ2n) is 6.15. The number of carbonyl (C=O) groups is 1. The Balaban J connectivity index is 1.68. The molecule has 0 heterocycles. The van der Waals surface area contributed by atoms with Gasteiger partial charge in [-0.1, -0.05) is 35.0 Å². The van der Waals surface area contributed by atoms with Gasteiger partial charge in [0.25, 0.3) is 5.91 Å². The van der Waals surface area contributed by atoms with Gasteiger partial charge in [0, 0.05) is 10.2 Å². The number of rotatable bonds is 5. The molecule has 2 aromatic rings. The number of ether oxygens (including phenoxy) is 1. The summed E-state index contributed by atoms with van der Waals surface area (Å²) in [6.07, 6.45) is 4.88. The summed E-state index contributed by atoms with van der Waals surface area (Å²) < 4.78 is 6.90. The van der Waals surface area contributed by atoms with Crippen LogP contribution in [0.15, 0.2) is 46.9 Å². The fourth-order valence-corrected chi connectivity index (χ4v) is 3.46. The largest absolute Gasteiger partial charge is 0.481 e. The molecule has 1 aliphatic carbocycles. The van der Waals surface area contributed by atoms with Crippen LogP contribution in [0.25, 0.3) is 0 Å². The van der Waals surface area contributed by atoms with Crippen LogP contribution in [0.2, 0.25) is 0 Å². The second kappa shape index (κ2) is 7.84. The van der Waals surface area contributed by atoms with Crippen molar-refractivity contribution in [3.63, 3.8) is 0 Å². The van der Waals surface area contributed by atoms with E-state index >= 15 is 0 Å². The number of halogens is 1. The SMILES string of the molecule is CC[C@H](Oc1ccc2c(c1)CCCC2)C(=O)Nc1cccc(Br)c1. The molecule has 126 valence electrons. The van der Waals surface area contributed by atoms with E-state index < -0.39 is 6.10 Å². The minimum absolute atomic E-state index is 0.117. The average Bonchev–Trinajstić information content (AvgIpc) is 2.59. The minimum Gasteiger partial charge on any atom is -0.481 e. The normalized spacial score (nSPS) is 14.6. The number of benzene rings is 2. The molecule has 1 amide bonds. The van der Waals surface area contributed by atoms with E-state index in [0.717, 1.165) is 28.8 Å². The Morgan fingerprint density at radius 3 is 2.71 bits per heavy atom. The van der Waals surface area contributed by atoms with E-state index in [1.807, 2.05) is 37.3 Å². The molecule has 0 radical (unpaired) electrons. The number of carbonyl (C=O) groups excluding carboxylic acids is 1. The molecule has 0 unspecified atom stereocenters. The Morgan fingerprint density at radius 2 is 1.96 bits per heavy atom. The molecule has 1 atom stereocenters. The maximum atomic E-state index is 12.5. The van der Waals surface area contributed by atoms with E-state index in [1.54, 1.807) is 0 Å². The third-order valence-corrected chi connectivity index (χ3v) is 4.85. The van der Waals surface area contributed by atoms with Crippen LogP contribution in [-0.4, -0.2) is 12.0 Å². The quantitative estimate of drug-likeness (QED) is 0.772. The molecule has 1 N–H and O–H groups in total. The molecule has 0 bridgehead atoms. The van der Waals surface area contributed by atoms with Gasteiger partial charge in [0.1, 0.15) is 5.75 Å². The van der Waals surface area contributed by atoms with E-state index in [9.17, 15) is 4.79 Å². The molecule has 24 heavy (non-hydrogen) atoms. The Hall–Kier alpha value is -1.81. The van der Waals surface area contributed by atoms with Crippen LogP contribution in [0.5, 0.6) is 5.75 Å². The van der Waals surface area contributed by atoms with Gasteiger partial charge in [-0.15, -0.1) is 0 Å². The van der Waals surface area contributed by atoms with E-state index in [-0.39, 0.29) is 5.91 Å². The van der Waals surface area contributed by atoms with Crippen LogP contribution >= 0.6 is 15.9 Å². The van der Waals surface area contributed by atoms with E-state index in [0.29, 0.717) is 6.42 Å². The third kappa shape index (κ3) is 4.18. The number of amides is 1. The van der Waals surface area contributed by atoms with Gasteiger partial charge in [0.15, 0.2) is 6.10 Å². The van der Waals surface area contributed by atoms with Crippen molar-refractivity contribution in [2.45, 2.75) is 45.1 Å². The number of aryl methyl sites for hydroxylation is 2. The van der Waals surface area contributed by atoms with Crippen molar-refractivity contribution in [2.75, 3.05) is 5.32 Å². The highest BCUT2D eigenvalue weighted by molar-refractivity contribution is 9.10. The van der Waals surface area contributed by atoms with Gasteiger partial charge in [0.05, 0.1) is 0 Å². The zero-order chi connectivity index (χ0) is 16.9. The molecule has 0 aliphatic heterocycles. The van der Waals surface area contributed by atoms with E-state index in [1.165, 1.54) is 24.0 Å². The predicted octanol–water partition coefficient (Wildman–Crippen LogP) is 5.12. The van der Waals surface area contributed by atoms with Gasteiger partial charge in [0.2, 0.25) is 0 Å². The van der Waals surface area contributed by atoms with E-state index in [2.05, 4.69) is 33.4 Å². The summed E-state index contributed by atoms with van der Waals surface area (Å²) in [6.45, 7) is 1.96. The number of anilines is 1. The zero-order valence-corrected chi connectivity index (χ0v) is 15.4. The van der Waals surface area contributed by atoms with Crippen LogP contribution in [0.1, 0.15) is 37.3 Å². The van der Waals surface area contributed by atoms with Crippen molar-refractivity contribution in [2.24, 2.45) is 0 Å². The van der Waals surface area contributed by atoms with Crippen molar-refractivity contribution < 1.29 is 9.53 Å².